The van der Waals surface area contributed by atoms with Crippen LogP contribution < -0.4 is 10.2 Å². The molecule has 0 unspecified atom stereocenters. The zero-order valence-electron chi connectivity index (χ0n) is 12.1. The lowest BCUT2D eigenvalue weighted by molar-refractivity contribution is 0.102. The summed E-state index contributed by atoms with van der Waals surface area (Å²) in [5.74, 6) is 0.372. The third-order valence-corrected chi connectivity index (χ3v) is 3.15. The number of hydrogen-bond donors (Lipinski definition) is 1. The van der Waals surface area contributed by atoms with Gasteiger partial charge in [-0.3, -0.25) is 4.79 Å². The smallest absolute Gasteiger partial charge is 0.258 e. The van der Waals surface area contributed by atoms with Crippen LogP contribution in [0.15, 0.2) is 30.6 Å². The number of rotatable bonds is 3. The van der Waals surface area contributed by atoms with Crippen LogP contribution >= 0.6 is 0 Å². The highest BCUT2D eigenvalue weighted by Gasteiger charge is 2.10. The van der Waals surface area contributed by atoms with Crippen molar-refractivity contribution in [2.45, 2.75) is 13.8 Å². The standard InChI is InChI=1S/C15H18N4O/c1-10-6-5-7-13(11(10)2)18-14(20)12-8-16-15(17-9-12)19(3)4/h5-9H,1-4H3,(H,18,20). The maximum atomic E-state index is 12.2. The maximum absolute atomic E-state index is 12.2. The van der Waals surface area contributed by atoms with E-state index in [0.717, 1.165) is 16.8 Å². The van der Waals surface area contributed by atoms with E-state index in [1.807, 2.05) is 46.1 Å². The van der Waals surface area contributed by atoms with Gasteiger partial charge in [-0.25, -0.2) is 9.97 Å². The molecular formula is C15H18N4O. The van der Waals surface area contributed by atoms with Crippen molar-refractivity contribution >= 4 is 17.5 Å². The molecule has 104 valence electrons. The summed E-state index contributed by atoms with van der Waals surface area (Å²) in [4.78, 5) is 22.2. The zero-order chi connectivity index (χ0) is 14.7. The molecule has 0 bridgehead atoms. The number of aryl methyl sites for hydroxylation is 1. The first-order valence-corrected chi connectivity index (χ1v) is 6.36. The van der Waals surface area contributed by atoms with Crippen molar-refractivity contribution in [2.75, 3.05) is 24.3 Å². The highest BCUT2D eigenvalue weighted by atomic mass is 16.1. The van der Waals surface area contributed by atoms with Gasteiger partial charge >= 0.3 is 0 Å². The molecule has 0 saturated heterocycles. The molecule has 0 aliphatic rings. The third kappa shape index (κ3) is 2.93. The largest absolute Gasteiger partial charge is 0.347 e. The molecule has 0 aliphatic heterocycles. The Kier molecular flexibility index (Phi) is 3.98. The van der Waals surface area contributed by atoms with Gasteiger partial charge in [-0.05, 0) is 31.0 Å². The molecule has 1 heterocycles. The van der Waals surface area contributed by atoms with E-state index in [1.54, 1.807) is 4.90 Å². The van der Waals surface area contributed by atoms with Gasteiger partial charge in [0.1, 0.15) is 0 Å². The Labute approximate surface area is 118 Å². The van der Waals surface area contributed by atoms with Crippen molar-refractivity contribution in [3.05, 3.63) is 47.3 Å². The highest BCUT2D eigenvalue weighted by molar-refractivity contribution is 6.04. The summed E-state index contributed by atoms with van der Waals surface area (Å²) in [5, 5.41) is 2.88. The van der Waals surface area contributed by atoms with Crippen LogP contribution in [0.3, 0.4) is 0 Å². The normalized spacial score (nSPS) is 10.2. The molecule has 2 aromatic rings. The zero-order valence-corrected chi connectivity index (χ0v) is 12.1. The molecule has 1 aromatic carbocycles. The van der Waals surface area contributed by atoms with E-state index in [2.05, 4.69) is 15.3 Å². The fraction of sp³-hybridized carbons (Fsp3) is 0.267. The van der Waals surface area contributed by atoms with Crippen molar-refractivity contribution in [3.8, 4) is 0 Å². The number of nitrogens with one attached hydrogen (secondary N) is 1. The topological polar surface area (TPSA) is 58.1 Å². The Hall–Kier alpha value is -2.43. The lowest BCUT2D eigenvalue weighted by atomic mass is 10.1. The van der Waals surface area contributed by atoms with Crippen LogP contribution in [0.2, 0.25) is 0 Å². The second-order valence-electron chi connectivity index (χ2n) is 4.87. The second-order valence-corrected chi connectivity index (χ2v) is 4.87. The number of aromatic nitrogens is 2. The minimum atomic E-state index is -0.205. The summed E-state index contributed by atoms with van der Waals surface area (Å²) < 4.78 is 0. The third-order valence-electron chi connectivity index (χ3n) is 3.15. The molecular weight excluding hydrogens is 252 g/mol. The minimum Gasteiger partial charge on any atom is -0.347 e. The first-order chi connectivity index (χ1) is 9.49. The molecule has 1 N–H and O–H groups in total. The summed E-state index contributed by atoms with van der Waals surface area (Å²) >= 11 is 0. The average Bonchev–Trinajstić information content (AvgIpc) is 2.44. The van der Waals surface area contributed by atoms with Crippen molar-refractivity contribution in [3.63, 3.8) is 0 Å². The van der Waals surface area contributed by atoms with E-state index >= 15 is 0 Å². The quantitative estimate of drug-likeness (QED) is 0.930. The fourth-order valence-electron chi connectivity index (χ4n) is 1.75. The van der Waals surface area contributed by atoms with E-state index < -0.39 is 0 Å². The van der Waals surface area contributed by atoms with Crippen molar-refractivity contribution in [1.29, 1.82) is 0 Å². The predicted molar refractivity (Wildman–Crippen MR) is 80.2 cm³/mol. The lowest BCUT2D eigenvalue weighted by Crippen LogP contribution is -2.16. The Morgan fingerprint density at radius 3 is 2.40 bits per heavy atom. The van der Waals surface area contributed by atoms with Crippen molar-refractivity contribution in [1.82, 2.24) is 9.97 Å². The highest BCUT2D eigenvalue weighted by Crippen LogP contribution is 2.18. The SMILES string of the molecule is Cc1cccc(NC(=O)c2cnc(N(C)C)nc2)c1C. The van der Waals surface area contributed by atoms with Gasteiger partial charge < -0.3 is 10.2 Å². The molecule has 5 heteroatoms. The summed E-state index contributed by atoms with van der Waals surface area (Å²) in [6, 6.07) is 5.82. The van der Waals surface area contributed by atoms with Crippen LogP contribution in [-0.2, 0) is 0 Å². The number of nitrogens with zero attached hydrogens (tertiary/aromatic N) is 3. The van der Waals surface area contributed by atoms with Gasteiger partial charge in [0.15, 0.2) is 0 Å². The number of anilines is 2. The van der Waals surface area contributed by atoms with Crippen molar-refractivity contribution in [2.24, 2.45) is 0 Å². The van der Waals surface area contributed by atoms with E-state index in [1.165, 1.54) is 12.4 Å². The van der Waals surface area contributed by atoms with E-state index in [-0.39, 0.29) is 5.91 Å². The van der Waals surface area contributed by atoms with Crippen LogP contribution in [0.1, 0.15) is 21.5 Å². The van der Waals surface area contributed by atoms with E-state index in [4.69, 9.17) is 0 Å². The molecule has 0 saturated carbocycles. The fourth-order valence-corrected chi connectivity index (χ4v) is 1.75. The summed E-state index contributed by atoms with van der Waals surface area (Å²) in [6.07, 6.45) is 3.06. The average molecular weight is 270 g/mol. The van der Waals surface area contributed by atoms with Gasteiger partial charge in [0.25, 0.3) is 5.91 Å². The Bertz CT molecular complexity index is 620. The molecule has 5 nitrogen and oxygen atoms in total. The summed E-state index contributed by atoms with van der Waals surface area (Å²) in [7, 11) is 3.70. The predicted octanol–water partition coefficient (Wildman–Crippen LogP) is 2.41. The second kappa shape index (κ2) is 5.69. The van der Waals surface area contributed by atoms with E-state index in [0.29, 0.717) is 11.5 Å². The number of carbonyl (C=O) groups is 1. The Morgan fingerprint density at radius 1 is 1.15 bits per heavy atom. The van der Waals surface area contributed by atoms with Gasteiger partial charge in [-0.15, -0.1) is 0 Å². The van der Waals surface area contributed by atoms with Gasteiger partial charge in [-0.1, -0.05) is 12.1 Å². The number of hydrogen-bond acceptors (Lipinski definition) is 4. The molecule has 0 aliphatic carbocycles. The Morgan fingerprint density at radius 2 is 1.80 bits per heavy atom. The van der Waals surface area contributed by atoms with Crippen molar-refractivity contribution < 1.29 is 4.79 Å². The minimum absolute atomic E-state index is 0.205. The molecule has 1 amide bonds. The van der Waals surface area contributed by atoms with Crippen LogP contribution in [0, 0.1) is 13.8 Å². The first-order valence-electron chi connectivity index (χ1n) is 6.36. The van der Waals surface area contributed by atoms with Crippen LogP contribution in [0.4, 0.5) is 11.6 Å². The molecule has 0 fully saturated rings. The number of carbonyl (C=O) groups excluding carboxylic acids is 1. The van der Waals surface area contributed by atoms with Gasteiger partial charge in [0, 0.05) is 32.2 Å². The maximum Gasteiger partial charge on any atom is 0.258 e. The van der Waals surface area contributed by atoms with Crippen LogP contribution in [0.25, 0.3) is 0 Å². The van der Waals surface area contributed by atoms with Gasteiger partial charge in [-0.2, -0.15) is 0 Å². The van der Waals surface area contributed by atoms with Gasteiger partial charge in [0.05, 0.1) is 5.56 Å². The molecule has 0 atom stereocenters. The molecule has 20 heavy (non-hydrogen) atoms. The number of benzene rings is 1. The molecule has 0 radical (unpaired) electrons. The number of amides is 1. The summed E-state index contributed by atoms with van der Waals surface area (Å²) in [5.41, 5.74) is 3.46. The molecule has 1 aromatic heterocycles. The first kappa shape index (κ1) is 14.0. The molecule has 0 spiro atoms. The monoisotopic (exact) mass is 270 g/mol. The summed E-state index contributed by atoms with van der Waals surface area (Å²) in [6.45, 7) is 4.00. The van der Waals surface area contributed by atoms with E-state index in [9.17, 15) is 4.79 Å². The van der Waals surface area contributed by atoms with Crippen LogP contribution in [0.5, 0.6) is 0 Å². The lowest BCUT2D eigenvalue weighted by Gasteiger charge is -2.11. The van der Waals surface area contributed by atoms with Crippen LogP contribution in [-0.4, -0.2) is 30.0 Å². The Balaban J connectivity index is 2.18. The molecule has 2 rings (SSSR count). The van der Waals surface area contributed by atoms with Gasteiger partial charge in [0.2, 0.25) is 5.95 Å².